The normalized spacial score (nSPS) is 11.3. The number of carboxylic acids is 4. The van der Waals surface area contributed by atoms with Crippen molar-refractivity contribution in [3.8, 4) is 0 Å². The van der Waals surface area contributed by atoms with Crippen LogP contribution < -0.4 is 0 Å². The molecule has 0 aliphatic rings. The van der Waals surface area contributed by atoms with Gasteiger partial charge in [0.25, 0.3) is 0 Å². The van der Waals surface area contributed by atoms with Gasteiger partial charge < -0.3 is 20.4 Å². The topological polar surface area (TPSA) is 149 Å². The maximum absolute atomic E-state index is 10.3. The summed E-state index contributed by atoms with van der Waals surface area (Å²) < 4.78 is 0. The van der Waals surface area contributed by atoms with Crippen molar-refractivity contribution in [3.05, 3.63) is 0 Å². The number of hydrogen-bond donors (Lipinski definition) is 6. The predicted molar refractivity (Wildman–Crippen MR) is 171 cm³/mol. The maximum atomic E-state index is 10.3. The molecule has 0 spiro atoms. The summed E-state index contributed by atoms with van der Waals surface area (Å²) in [5, 5.41) is 32.4. The quantitative estimate of drug-likeness (QED) is 0.0525. The van der Waals surface area contributed by atoms with Crippen molar-refractivity contribution in [1.82, 2.24) is 0 Å². The first-order valence-corrected chi connectivity index (χ1v) is 16.2. The van der Waals surface area contributed by atoms with Crippen LogP contribution in [0.25, 0.3) is 0 Å². The summed E-state index contributed by atoms with van der Waals surface area (Å²) >= 11 is 7.90. The van der Waals surface area contributed by atoms with Gasteiger partial charge in [-0.3, -0.25) is 19.2 Å². The molecule has 10 heteroatoms. The van der Waals surface area contributed by atoms with Crippen LogP contribution in [0, 0.1) is 0 Å². The smallest absolute Gasteiger partial charge is 0.316 e. The lowest BCUT2D eigenvalue weighted by Crippen LogP contribution is -2.12. The lowest BCUT2D eigenvalue weighted by molar-refractivity contribution is -0.138. The van der Waals surface area contributed by atoms with E-state index < -0.39 is 34.4 Å². The van der Waals surface area contributed by atoms with Crippen molar-refractivity contribution in [3.63, 3.8) is 0 Å². The zero-order valence-corrected chi connectivity index (χ0v) is 27.4. The van der Waals surface area contributed by atoms with E-state index in [1.807, 2.05) is 0 Å². The SMILES string of the molecule is CCCCCC(=O)O.CCCCCC(=O)O.CCCCCCCC(S)C(=O)O.CCCCCCCC(S)C(=O)O. The molecular weight excluding hydrogens is 552 g/mol. The molecule has 0 aliphatic heterocycles. The van der Waals surface area contributed by atoms with Gasteiger partial charge >= 0.3 is 23.9 Å². The van der Waals surface area contributed by atoms with E-state index in [4.69, 9.17) is 20.4 Å². The van der Waals surface area contributed by atoms with Crippen molar-refractivity contribution in [2.24, 2.45) is 0 Å². The van der Waals surface area contributed by atoms with Gasteiger partial charge in [0.15, 0.2) is 0 Å². The highest BCUT2D eigenvalue weighted by Gasteiger charge is 2.10. The fourth-order valence-corrected chi connectivity index (χ4v) is 3.55. The van der Waals surface area contributed by atoms with Crippen molar-refractivity contribution in [2.75, 3.05) is 0 Å². The Morgan fingerprint density at radius 3 is 0.925 bits per heavy atom. The van der Waals surface area contributed by atoms with Gasteiger partial charge in [0.1, 0.15) is 0 Å². The van der Waals surface area contributed by atoms with Crippen LogP contribution in [0.1, 0.15) is 156 Å². The monoisotopic (exact) mass is 612 g/mol. The fraction of sp³-hybridized carbons (Fsp3) is 0.867. The van der Waals surface area contributed by atoms with Gasteiger partial charge in [-0.2, -0.15) is 25.3 Å². The molecule has 40 heavy (non-hydrogen) atoms. The maximum Gasteiger partial charge on any atom is 0.316 e. The standard InChI is InChI=1S/2C9H18O2S.2C6H12O2/c2*1-2-3-4-5-6-7-8(12)9(10)11;2*1-2-3-4-5-6(7)8/h2*8,12H,2-7H2,1H3,(H,10,11);2*2-5H2,1H3,(H,7,8). The summed E-state index contributed by atoms with van der Waals surface area (Å²) in [7, 11) is 0. The first-order chi connectivity index (χ1) is 18.9. The molecule has 240 valence electrons. The second-order valence-electron chi connectivity index (χ2n) is 9.82. The molecule has 0 fully saturated rings. The minimum Gasteiger partial charge on any atom is -0.481 e. The minimum atomic E-state index is -0.797. The van der Waals surface area contributed by atoms with Crippen LogP contribution in [-0.2, 0) is 19.2 Å². The molecule has 0 aromatic carbocycles. The number of carboxylic acid groups (broad SMARTS) is 4. The molecule has 0 heterocycles. The zero-order chi connectivity index (χ0) is 31.6. The van der Waals surface area contributed by atoms with Gasteiger partial charge in [0.05, 0.1) is 10.5 Å². The van der Waals surface area contributed by atoms with E-state index in [-0.39, 0.29) is 0 Å². The van der Waals surface area contributed by atoms with Gasteiger partial charge in [-0.05, 0) is 25.7 Å². The van der Waals surface area contributed by atoms with Crippen LogP contribution in [0.15, 0.2) is 0 Å². The van der Waals surface area contributed by atoms with Gasteiger partial charge in [-0.15, -0.1) is 0 Å². The van der Waals surface area contributed by atoms with E-state index in [9.17, 15) is 19.2 Å². The molecular formula is C30H60O8S2. The highest BCUT2D eigenvalue weighted by molar-refractivity contribution is 7.82. The van der Waals surface area contributed by atoms with E-state index in [2.05, 4.69) is 53.0 Å². The fourth-order valence-electron chi connectivity index (χ4n) is 3.18. The van der Waals surface area contributed by atoms with Crippen molar-refractivity contribution < 1.29 is 39.6 Å². The highest BCUT2D eigenvalue weighted by Crippen LogP contribution is 2.11. The molecule has 0 saturated heterocycles. The lowest BCUT2D eigenvalue weighted by atomic mass is 10.1. The van der Waals surface area contributed by atoms with Crippen LogP contribution in [-0.4, -0.2) is 54.8 Å². The average Bonchev–Trinajstić information content (AvgIpc) is 2.89. The number of aliphatic carboxylic acids is 4. The van der Waals surface area contributed by atoms with E-state index in [0.29, 0.717) is 25.7 Å². The lowest BCUT2D eigenvalue weighted by Gasteiger charge is -2.03. The molecule has 2 unspecified atom stereocenters. The summed E-state index contributed by atoms with van der Waals surface area (Å²) in [6, 6.07) is 0. The van der Waals surface area contributed by atoms with Gasteiger partial charge in [0, 0.05) is 12.8 Å². The highest BCUT2D eigenvalue weighted by atomic mass is 32.1. The van der Waals surface area contributed by atoms with Crippen LogP contribution in [0.4, 0.5) is 0 Å². The van der Waals surface area contributed by atoms with E-state index in [1.54, 1.807) is 0 Å². The van der Waals surface area contributed by atoms with Gasteiger partial charge in [-0.1, -0.05) is 118 Å². The molecule has 0 aliphatic carbocycles. The van der Waals surface area contributed by atoms with E-state index >= 15 is 0 Å². The second-order valence-corrected chi connectivity index (χ2v) is 11.1. The molecule has 4 N–H and O–H groups in total. The summed E-state index contributed by atoms with van der Waals surface area (Å²) in [5.74, 6) is -2.96. The van der Waals surface area contributed by atoms with E-state index in [1.165, 1.54) is 38.5 Å². The Bertz CT molecular complexity index is 538. The first kappa shape index (κ1) is 45.6. The van der Waals surface area contributed by atoms with E-state index in [0.717, 1.165) is 64.2 Å². The third-order valence-corrected chi connectivity index (χ3v) is 6.68. The summed E-state index contributed by atoms with van der Waals surface area (Å²) in [4.78, 5) is 40.4. The first-order valence-electron chi connectivity index (χ1n) is 15.2. The number of hydrogen-bond acceptors (Lipinski definition) is 6. The molecule has 0 bridgehead atoms. The molecule has 0 rings (SSSR count). The number of carbonyl (C=O) groups is 4. The summed E-state index contributed by atoms with van der Waals surface area (Å²) in [6.45, 7) is 8.45. The molecule has 0 amide bonds. The third kappa shape index (κ3) is 49.5. The molecule has 0 aromatic rings. The van der Waals surface area contributed by atoms with Crippen molar-refractivity contribution in [1.29, 1.82) is 0 Å². The Morgan fingerprint density at radius 2 is 0.700 bits per heavy atom. The largest absolute Gasteiger partial charge is 0.481 e. The second kappa shape index (κ2) is 37.6. The van der Waals surface area contributed by atoms with Gasteiger partial charge in [0.2, 0.25) is 0 Å². The van der Waals surface area contributed by atoms with Crippen LogP contribution in [0.3, 0.4) is 0 Å². The third-order valence-electron chi connectivity index (χ3n) is 5.72. The van der Waals surface area contributed by atoms with Crippen molar-refractivity contribution >= 4 is 49.1 Å². The Labute approximate surface area is 254 Å². The Morgan fingerprint density at radius 1 is 0.450 bits per heavy atom. The molecule has 0 radical (unpaired) electrons. The molecule has 2 atom stereocenters. The number of thiol groups is 2. The van der Waals surface area contributed by atoms with Crippen LogP contribution in [0.5, 0.6) is 0 Å². The Balaban J connectivity index is -0.000000220. The molecule has 0 saturated carbocycles. The summed E-state index contributed by atoms with van der Waals surface area (Å²) in [5.41, 5.74) is 0. The summed E-state index contributed by atoms with van der Waals surface area (Å²) in [6.07, 6.45) is 19.6. The average molecular weight is 613 g/mol. The van der Waals surface area contributed by atoms with Crippen LogP contribution in [0.2, 0.25) is 0 Å². The van der Waals surface area contributed by atoms with Crippen molar-refractivity contribution in [2.45, 2.75) is 167 Å². The molecule has 8 nitrogen and oxygen atoms in total. The Hall–Kier alpha value is -1.42. The zero-order valence-electron chi connectivity index (χ0n) is 25.6. The number of rotatable bonds is 22. The Kier molecular flexibility index (Phi) is 42.8. The number of unbranched alkanes of at least 4 members (excludes halogenated alkanes) is 12. The predicted octanol–water partition coefficient (Wildman–Crippen LogP) is 8.76. The van der Waals surface area contributed by atoms with Gasteiger partial charge in [-0.25, -0.2) is 0 Å². The molecule has 0 aromatic heterocycles. The minimum absolute atomic E-state index is 0.327. The van der Waals surface area contributed by atoms with Crippen LogP contribution >= 0.6 is 25.3 Å².